The van der Waals surface area contributed by atoms with Crippen LogP contribution in [0.15, 0.2) is 28.9 Å². The van der Waals surface area contributed by atoms with E-state index >= 15 is 0 Å². The Morgan fingerprint density at radius 1 is 1.41 bits per heavy atom. The first-order valence-corrected chi connectivity index (χ1v) is 8.05. The summed E-state index contributed by atoms with van der Waals surface area (Å²) in [7, 11) is 0. The maximum atomic E-state index is 12.1. The lowest BCUT2D eigenvalue weighted by Crippen LogP contribution is -2.36. The van der Waals surface area contributed by atoms with E-state index in [2.05, 4.69) is 5.32 Å². The van der Waals surface area contributed by atoms with Gasteiger partial charge in [-0.2, -0.15) is 0 Å². The highest BCUT2D eigenvalue weighted by molar-refractivity contribution is 5.87. The van der Waals surface area contributed by atoms with Crippen molar-refractivity contribution in [3.8, 4) is 0 Å². The van der Waals surface area contributed by atoms with E-state index < -0.39 is 6.10 Å². The van der Waals surface area contributed by atoms with Gasteiger partial charge in [0.05, 0.1) is 18.8 Å². The molecule has 1 aromatic carbocycles. The highest BCUT2D eigenvalue weighted by atomic mass is 16.3. The highest BCUT2D eigenvalue weighted by Gasteiger charge is 2.23. The summed E-state index contributed by atoms with van der Waals surface area (Å²) < 4.78 is 5.51. The molecule has 1 amide bonds. The predicted octanol–water partition coefficient (Wildman–Crippen LogP) is 2.95. The summed E-state index contributed by atoms with van der Waals surface area (Å²) >= 11 is 0. The van der Waals surface area contributed by atoms with Gasteiger partial charge in [-0.3, -0.25) is 4.79 Å². The zero-order chi connectivity index (χ0) is 15.5. The van der Waals surface area contributed by atoms with E-state index in [1.54, 1.807) is 6.26 Å². The van der Waals surface area contributed by atoms with E-state index in [1.807, 2.05) is 25.1 Å². The molecule has 0 saturated heterocycles. The van der Waals surface area contributed by atoms with Crippen molar-refractivity contribution in [2.24, 2.45) is 5.92 Å². The summed E-state index contributed by atoms with van der Waals surface area (Å²) in [4.78, 5) is 12.1. The van der Waals surface area contributed by atoms with Crippen LogP contribution in [0, 0.1) is 12.8 Å². The monoisotopic (exact) mass is 301 g/mol. The third kappa shape index (κ3) is 3.33. The van der Waals surface area contributed by atoms with Crippen molar-refractivity contribution in [1.82, 2.24) is 5.32 Å². The number of fused-ring (bicyclic) bond motifs is 1. The zero-order valence-electron chi connectivity index (χ0n) is 13.0. The van der Waals surface area contributed by atoms with E-state index in [-0.39, 0.29) is 12.3 Å². The number of aliphatic hydroxyl groups excluding tert-OH is 1. The molecule has 2 aromatic rings. The maximum Gasteiger partial charge on any atom is 0.224 e. The van der Waals surface area contributed by atoms with Gasteiger partial charge in [0.15, 0.2) is 0 Å². The van der Waals surface area contributed by atoms with Crippen LogP contribution in [-0.4, -0.2) is 23.7 Å². The van der Waals surface area contributed by atoms with Crippen LogP contribution in [0.4, 0.5) is 0 Å². The molecule has 0 spiro atoms. The van der Waals surface area contributed by atoms with Gasteiger partial charge >= 0.3 is 0 Å². The van der Waals surface area contributed by atoms with E-state index in [1.165, 1.54) is 12.8 Å². The number of nitrogens with one attached hydrogen (secondary N) is 1. The molecule has 1 aliphatic carbocycles. The summed E-state index contributed by atoms with van der Waals surface area (Å²) in [6.07, 6.45) is 6.04. The predicted molar refractivity (Wildman–Crippen MR) is 85.6 cm³/mol. The Kier molecular flexibility index (Phi) is 4.48. The fourth-order valence-electron chi connectivity index (χ4n) is 3.29. The van der Waals surface area contributed by atoms with Crippen molar-refractivity contribution in [3.63, 3.8) is 0 Å². The largest absolute Gasteiger partial charge is 0.464 e. The first kappa shape index (κ1) is 15.1. The van der Waals surface area contributed by atoms with Crippen molar-refractivity contribution < 1.29 is 14.3 Å². The smallest absolute Gasteiger partial charge is 0.224 e. The lowest BCUT2D eigenvalue weighted by Gasteiger charge is -2.17. The van der Waals surface area contributed by atoms with Crippen molar-refractivity contribution >= 4 is 16.9 Å². The SMILES string of the molecule is Cc1ccc2c(CC(=O)NCC(O)C3CCCC3)coc2c1. The highest BCUT2D eigenvalue weighted by Crippen LogP contribution is 2.27. The minimum Gasteiger partial charge on any atom is -0.464 e. The fourth-order valence-corrected chi connectivity index (χ4v) is 3.29. The number of benzene rings is 1. The number of hydrogen-bond donors (Lipinski definition) is 2. The molecule has 22 heavy (non-hydrogen) atoms. The molecular formula is C18H23NO3. The lowest BCUT2D eigenvalue weighted by molar-refractivity contribution is -0.121. The number of aryl methyl sites for hydroxylation is 1. The maximum absolute atomic E-state index is 12.1. The van der Waals surface area contributed by atoms with Crippen molar-refractivity contribution in [2.75, 3.05) is 6.54 Å². The minimum atomic E-state index is -0.421. The van der Waals surface area contributed by atoms with Crippen LogP contribution in [0.1, 0.15) is 36.8 Å². The third-order valence-electron chi connectivity index (χ3n) is 4.61. The Morgan fingerprint density at radius 2 is 2.18 bits per heavy atom. The van der Waals surface area contributed by atoms with Gasteiger partial charge in [0.1, 0.15) is 5.58 Å². The number of furan rings is 1. The van der Waals surface area contributed by atoms with Crippen molar-refractivity contribution in [3.05, 3.63) is 35.6 Å². The average Bonchev–Trinajstić information content (AvgIpc) is 3.15. The van der Waals surface area contributed by atoms with Crippen LogP contribution in [0.2, 0.25) is 0 Å². The summed E-state index contributed by atoms with van der Waals surface area (Å²) in [5.74, 6) is 0.276. The van der Waals surface area contributed by atoms with E-state index in [0.29, 0.717) is 12.5 Å². The number of carbonyl (C=O) groups is 1. The summed E-state index contributed by atoms with van der Waals surface area (Å²) in [5.41, 5.74) is 2.84. The van der Waals surface area contributed by atoms with Crippen LogP contribution in [0.5, 0.6) is 0 Å². The summed E-state index contributed by atoms with van der Waals surface area (Å²) in [6, 6.07) is 5.98. The van der Waals surface area contributed by atoms with E-state index in [4.69, 9.17) is 4.42 Å². The van der Waals surface area contributed by atoms with Gasteiger partial charge in [-0.1, -0.05) is 25.0 Å². The number of aliphatic hydroxyl groups is 1. The summed E-state index contributed by atoms with van der Waals surface area (Å²) in [5, 5.41) is 13.9. The average molecular weight is 301 g/mol. The van der Waals surface area contributed by atoms with Gasteiger partial charge in [-0.25, -0.2) is 0 Å². The van der Waals surface area contributed by atoms with Crippen LogP contribution in [-0.2, 0) is 11.2 Å². The van der Waals surface area contributed by atoms with Crippen LogP contribution >= 0.6 is 0 Å². The third-order valence-corrected chi connectivity index (χ3v) is 4.61. The van der Waals surface area contributed by atoms with Gasteiger partial charge in [0, 0.05) is 17.5 Å². The number of hydrogen-bond acceptors (Lipinski definition) is 3. The van der Waals surface area contributed by atoms with Crippen LogP contribution < -0.4 is 5.32 Å². The molecule has 0 aliphatic heterocycles. The first-order chi connectivity index (χ1) is 10.6. The zero-order valence-corrected chi connectivity index (χ0v) is 13.0. The van der Waals surface area contributed by atoms with Crippen LogP contribution in [0.25, 0.3) is 11.0 Å². The number of carbonyl (C=O) groups excluding carboxylic acids is 1. The molecular weight excluding hydrogens is 278 g/mol. The normalized spacial score (nSPS) is 17.0. The Labute approximate surface area is 130 Å². The quantitative estimate of drug-likeness (QED) is 0.892. The second kappa shape index (κ2) is 6.53. The molecule has 1 aliphatic rings. The molecule has 4 nitrogen and oxygen atoms in total. The molecule has 0 radical (unpaired) electrons. The molecule has 1 saturated carbocycles. The Hall–Kier alpha value is -1.81. The van der Waals surface area contributed by atoms with Gasteiger partial charge < -0.3 is 14.8 Å². The van der Waals surface area contributed by atoms with Gasteiger partial charge in [-0.15, -0.1) is 0 Å². The lowest BCUT2D eigenvalue weighted by atomic mass is 10.0. The molecule has 2 N–H and O–H groups in total. The fraction of sp³-hybridized carbons (Fsp3) is 0.500. The Morgan fingerprint density at radius 3 is 2.95 bits per heavy atom. The Bertz CT molecular complexity index is 655. The standard InChI is InChI=1S/C18H23NO3/c1-12-6-7-15-14(11-22-17(15)8-12)9-18(21)19-10-16(20)13-4-2-3-5-13/h6-8,11,13,16,20H,2-5,9-10H2,1H3,(H,19,21). The number of amides is 1. The topological polar surface area (TPSA) is 62.5 Å². The molecule has 1 heterocycles. The molecule has 1 atom stereocenters. The second-order valence-corrected chi connectivity index (χ2v) is 6.35. The molecule has 4 heteroatoms. The van der Waals surface area contributed by atoms with Gasteiger partial charge in [0.25, 0.3) is 0 Å². The molecule has 1 fully saturated rings. The van der Waals surface area contributed by atoms with Crippen LogP contribution in [0.3, 0.4) is 0 Å². The minimum absolute atomic E-state index is 0.0691. The van der Waals surface area contributed by atoms with Crippen molar-refractivity contribution in [2.45, 2.75) is 45.1 Å². The number of rotatable bonds is 5. The molecule has 1 unspecified atom stereocenters. The van der Waals surface area contributed by atoms with Gasteiger partial charge in [0.2, 0.25) is 5.91 Å². The Balaban J connectivity index is 1.56. The molecule has 118 valence electrons. The summed E-state index contributed by atoms with van der Waals surface area (Å²) in [6.45, 7) is 2.36. The van der Waals surface area contributed by atoms with Crippen molar-refractivity contribution in [1.29, 1.82) is 0 Å². The molecule has 1 aromatic heterocycles. The molecule has 0 bridgehead atoms. The van der Waals surface area contributed by atoms with E-state index in [9.17, 15) is 9.90 Å². The second-order valence-electron chi connectivity index (χ2n) is 6.35. The molecule has 3 rings (SSSR count). The van der Waals surface area contributed by atoms with E-state index in [0.717, 1.165) is 34.9 Å². The first-order valence-electron chi connectivity index (χ1n) is 8.05. The van der Waals surface area contributed by atoms with Gasteiger partial charge in [-0.05, 0) is 37.3 Å².